The number of nitrogens with zero attached hydrogens (tertiary/aromatic N) is 3. The summed E-state index contributed by atoms with van der Waals surface area (Å²) in [5.41, 5.74) is 8.91. The molecule has 2 aromatic rings. The molecule has 8 nitrogen and oxygen atoms in total. The van der Waals surface area contributed by atoms with E-state index in [4.69, 9.17) is 38.4 Å². The van der Waals surface area contributed by atoms with Crippen LogP contribution in [0.5, 0.6) is 0 Å². The summed E-state index contributed by atoms with van der Waals surface area (Å²) in [5, 5.41) is 0.925. The van der Waals surface area contributed by atoms with Gasteiger partial charge >= 0.3 is 0 Å². The molecule has 0 aromatic heterocycles. The van der Waals surface area contributed by atoms with Gasteiger partial charge in [-0.1, -0.05) is 29.3 Å². The third-order valence-electron chi connectivity index (χ3n) is 8.29. The van der Waals surface area contributed by atoms with E-state index < -0.39 is 0 Å². The number of nitrogens with two attached hydrogens (primary N) is 1. The van der Waals surface area contributed by atoms with Crippen molar-refractivity contribution in [3.05, 3.63) is 63.6 Å². The predicted molar refractivity (Wildman–Crippen MR) is 160 cm³/mol. The molecular formula is C29H37Cl3N4O4. The largest absolute Gasteiger partial charge is 0.380 e. The van der Waals surface area contributed by atoms with Gasteiger partial charge in [0.15, 0.2) is 0 Å². The Morgan fingerprint density at radius 2 is 1.68 bits per heavy atom. The number of ether oxygens (including phenoxy) is 2. The fourth-order valence-corrected chi connectivity index (χ4v) is 6.27. The van der Waals surface area contributed by atoms with Crippen LogP contribution in [-0.2, 0) is 14.3 Å². The van der Waals surface area contributed by atoms with Crippen molar-refractivity contribution in [2.45, 2.75) is 30.8 Å². The van der Waals surface area contributed by atoms with Crippen LogP contribution in [0.2, 0.25) is 10.0 Å². The number of amides is 2. The van der Waals surface area contributed by atoms with Crippen molar-refractivity contribution in [3.8, 4) is 0 Å². The number of benzene rings is 2. The summed E-state index contributed by atoms with van der Waals surface area (Å²) in [6.45, 7) is 5.06. The first kappa shape index (κ1) is 30.9. The molecule has 0 saturated carbocycles. The Morgan fingerprint density at radius 3 is 2.35 bits per heavy atom. The molecule has 218 valence electrons. The maximum absolute atomic E-state index is 13.7. The fourth-order valence-electron chi connectivity index (χ4n) is 5.97. The smallest absolute Gasteiger partial charge is 0.253 e. The summed E-state index contributed by atoms with van der Waals surface area (Å²) >= 11 is 12.6. The molecule has 0 radical (unpaired) electrons. The quantitative estimate of drug-likeness (QED) is 0.549. The molecule has 2 aromatic carbocycles. The van der Waals surface area contributed by atoms with Crippen LogP contribution in [0, 0.1) is 5.92 Å². The van der Waals surface area contributed by atoms with E-state index in [0.29, 0.717) is 68.0 Å². The summed E-state index contributed by atoms with van der Waals surface area (Å²) in [6.07, 6.45) is 1.26. The summed E-state index contributed by atoms with van der Waals surface area (Å²) in [5.74, 6) is -0.379. The third kappa shape index (κ3) is 6.69. The molecule has 3 heterocycles. The summed E-state index contributed by atoms with van der Waals surface area (Å²) in [4.78, 5) is 33.2. The topological polar surface area (TPSA) is 88.3 Å². The van der Waals surface area contributed by atoms with Crippen LogP contribution in [0.3, 0.4) is 0 Å². The zero-order valence-corrected chi connectivity index (χ0v) is 25.0. The van der Waals surface area contributed by atoms with Gasteiger partial charge in [0.2, 0.25) is 5.91 Å². The molecule has 40 heavy (non-hydrogen) atoms. The average molecular weight is 612 g/mol. The molecule has 5 rings (SSSR count). The van der Waals surface area contributed by atoms with Gasteiger partial charge in [-0.3, -0.25) is 9.59 Å². The van der Waals surface area contributed by atoms with Crippen LogP contribution in [0.15, 0.2) is 42.5 Å². The Kier molecular flexibility index (Phi) is 10.6. The second-order valence-electron chi connectivity index (χ2n) is 10.6. The molecule has 3 fully saturated rings. The molecule has 3 aliphatic rings. The lowest BCUT2D eigenvalue weighted by atomic mass is 9.83. The number of piperidine rings is 1. The Hall–Kier alpha value is -2.07. The summed E-state index contributed by atoms with van der Waals surface area (Å²) in [6, 6.07) is 12.9. The lowest BCUT2D eigenvalue weighted by Crippen LogP contribution is -2.55. The number of hydrogen-bond acceptors (Lipinski definition) is 6. The molecule has 0 bridgehead atoms. The van der Waals surface area contributed by atoms with E-state index in [1.807, 2.05) is 53.2 Å². The molecular weight excluding hydrogens is 575 g/mol. The number of morpholine rings is 1. The van der Waals surface area contributed by atoms with Crippen molar-refractivity contribution >= 4 is 53.1 Å². The van der Waals surface area contributed by atoms with Gasteiger partial charge in [0.1, 0.15) is 0 Å². The van der Waals surface area contributed by atoms with Gasteiger partial charge in [0.25, 0.3) is 5.91 Å². The van der Waals surface area contributed by atoms with E-state index in [1.54, 1.807) is 6.07 Å². The highest BCUT2D eigenvalue weighted by atomic mass is 35.5. The van der Waals surface area contributed by atoms with Gasteiger partial charge in [-0.25, -0.2) is 0 Å². The second kappa shape index (κ2) is 13.7. The minimum absolute atomic E-state index is 0. The summed E-state index contributed by atoms with van der Waals surface area (Å²) < 4.78 is 10.9. The first-order chi connectivity index (χ1) is 18.8. The summed E-state index contributed by atoms with van der Waals surface area (Å²) in [7, 11) is 1.85. The van der Waals surface area contributed by atoms with Crippen LogP contribution < -0.4 is 10.6 Å². The number of rotatable bonds is 5. The zero-order chi connectivity index (χ0) is 27.5. The molecule has 0 unspecified atom stereocenters. The number of hydrogen-bond donors (Lipinski definition) is 1. The molecule has 2 amide bonds. The molecule has 2 N–H and O–H groups in total. The Morgan fingerprint density at radius 1 is 0.950 bits per heavy atom. The zero-order valence-electron chi connectivity index (χ0n) is 22.6. The second-order valence-corrected chi connectivity index (χ2v) is 11.4. The van der Waals surface area contributed by atoms with Crippen molar-refractivity contribution in [2.75, 3.05) is 64.6 Å². The molecule has 4 atom stereocenters. The maximum atomic E-state index is 13.7. The molecule has 0 spiro atoms. The van der Waals surface area contributed by atoms with Crippen molar-refractivity contribution in [1.29, 1.82) is 0 Å². The monoisotopic (exact) mass is 610 g/mol. The lowest BCUT2D eigenvalue weighted by molar-refractivity contribution is -0.141. The van der Waals surface area contributed by atoms with Crippen LogP contribution in [-0.4, -0.2) is 93.4 Å². The molecule has 0 aliphatic carbocycles. The number of likely N-dealkylation sites (tertiary alicyclic amines) is 1. The van der Waals surface area contributed by atoms with E-state index in [2.05, 4.69) is 4.90 Å². The SMILES string of the molecule is CN(C(=O)c1ccc(N2CCOCC2)cc1)[C@@H]1CCN(C(=O)[C@H]2CCOC[C@H]2N)C[C@H]1c1ccc(Cl)c(Cl)c1.Cl. The lowest BCUT2D eigenvalue weighted by Gasteiger charge is -2.44. The highest BCUT2D eigenvalue weighted by Crippen LogP contribution is 2.35. The van der Waals surface area contributed by atoms with E-state index in [1.165, 1.54) is 0 Å². The van der Waals surface area contributed by atoms with Crippen LogP contribution in [0.1, 0.15) is 34.7 Å². The van der Waals surface area contributed by atoms with Gasteiger partial charge in [-0.05, 0) is 54.8 Å². The highest BCUT2D eigenvalue weighted by Gasteiger charge is 2.40. The normalized spacial score (nSPS) is 25.2. The van der Waals surface area contributed by atoms with Gasteiger partial charge in [0.05, 0.1) is 35.8 Å². The highest BCUT2D eigenvalue weighted by molar-refractivity contribution is 6.42. The van der Waals surface area contributed by atoms with E-state index in [-0.39, 0.29) is 48.1 Å². The fraction of sp³-hybridized carbons (Fsp3) is 0.517. The van der Waals surface area contributed by atoms with Crippen molar-refractivity contribution in [1.82, 2.24) is 9.80 Å². The number of carbonyl (C=O) groups is 2. The number of likely N-dealkylation sites (N-methyl/N-ethyl adjacent to an activating group) is 1. The number of anilines is 1. The van der Waals surface area contributed by atoms with E-state index >= 15 is 0 Å². The minimum atomic E-state index is -0.308. The van der Waals surface area contributed by atoms with Crippen LogP contribution >= 0.6 is 35.6 Å². The third-order valence-corrected chi connectivity index (χ3v) is 9.02. The molecule has 11 heteroatoms. The predicted octanol–water partition coefficient (Wildman–Crippen LogP) is 4.07. The van der Waals surface area contributed by atoms with Gasteiger partial charge < -0.3 is 29.9 Å². The van der Waals surface area contributed by atoms with Crippen molar-refractivity contribution < 1.29 is 19.1 Å². The first-order valence-corrected chi connectivity index (χ1v) is 14.4. The van der Waals surface area contributed by atoms with E-state index in [0.717, 1.165) is 24.3 Å². The number of halogens is 3. The van der Waals surface area contributed by atoms with Gasteiger partial charge in [-0.15, -0.1) is 12.4 Å². The Balaban J connectivity index is 0.00000370. The van der Waals surface area contributed by atoms with E-state index in [9.17, 15) is 9.59 Å². The Bertz CT molecular complexity index is 1180. The molecule has 3 aliphatic heterocycles. The maximum Gasteiger partial charge on any atom is 0.253 e. The first-order valence-electron chi connectivity index (χ1n) is 13.6. The molecule has 3 saturated heterocycles. The Labute approximate surface area is 252 Å². The number of carbonyl (C=O) groups excluding carboxylic acids is 2. The average Bonchev–Trinajstić information content (AvgIpc) is 2.98. The van der Waals surface area contributed by atoms with Crippen LogP contribution in [0.25, 0.3) is 0 Å². The van der Waals surface area contributed by atoms with Gasteiger partial charge in [-0.2, -0.15) is 0 Å². The van der Waals surface area contributed by atoms with Crippen molar-refractivity contribution in [2.24, 2.45) is 11.7 Å². The van der Waals surface area contributed by atoms with Crippen LogP contribution in [0.4, 0.5) is 5.69 Å². The van der Waals surface area contributed by atoms with Gasteiger partial charge in [0, 0.05) is 69.1 Å². The minimum Gasteiger partial charge on any atom is -0.380 e. The van der Waals surface area contributed by atoms with Crippen molar-refractivity contribution in [3.63, 3.8) is 0 Å². The standard InChI is InChI=1S/C29H36Cl2N4O4.ClH/c1-33(28(36)19-2-5-21(6-3-19)34-11-14-38-15-12-34)27-8-10-35(29(37)22-9-13-39-18-26(22)32)17-23(27)20-4-7-24(30)25(31)16-20;/h2-7,16,22-23,26-27H,8-15,17-18,32H2,1H3;1H/t22-,23-,26+,27+;/m0./s1.